The van der Waals surface area contributed by atoms with Crippen molar-refractivity contribution in [1.82, 2.24) is 20.2 Å². The Morgan fingerprint density at radius 2 is 2.00 bits per heavy atom. The number of nitrogens with one attached hydrogen (secondary N) is 1. The molecule has 0 aliphatic heterocycles. The first kappa shape index (κ1) is 10.4. The Bertz CT molecular complexity index is 491. The van der Waals surface area contributed by atoms with E-state index in [2.05, 4.69) is 20.2 Å². The monoisotopic (exact) mass is 229 g/mol. The van der Waals surface area contributed by atoms with Crippen LogP contribution in [-0.4, -0.2) is 20.2 Å². The number of aromatic nitrogens is 4. The Morgan fingerprint density at radius 1 is 1.25 bits per heavy atom. The summed E-state index contributed by atoms with van der Waals surface area (Å²) in [4.78, 5) is 6.90. The Balaban J connectivity index is 2.63. The molecular formula is C8H6F3N5. The van der Waals surface area contributed by atoms with Crippen LogP contribution in [0, 0.1) is 0 Å². The summed E-state index contributed by atoms with van der Waals surface area (Å²) in [7, 11) is 0. The molecule has 2 aromatic heterocycles. The van der Waals surface area contributed by atoms with Gasteiger partial charge in [-0.1, -0.05) is 0 Å². The standard InChI is InChI=1S/C8H6F3N5/c9-8(10,11)5-3-13-7(12)16-6(5)4-1-14-15-2-4/h1-3H,(H,14,15)(H2,12,13,16). The minimum atomic E-state index is -4.53. The van der Waals surface area contributed by atoms with Gasteiger partial charge in [0.15, 0.2) is 0 Å². The summed E-state index contributed by atoms with van der Waals surface area (Å²) in [5.41, 5.74) is 4.24. The lowest BCUT2D eigenvalue weighted by atomic mass is 10.1. The summed E-state index contributed by atoms with van der Waals surface area (Å²) in [5, 5.41) is 5.97. The molecule has 84 valence electrons. The number of hydrogen-bond donors (Lipinski definition) is 2. The highest BCUT2D eigenvalue weighted by atomic mass is 19.4. The fourth-order valence-electron chi connectivity index (χ4n) is 1.20. The van der Waals surface area contributed by atoms with E-state index >= 15 is 0 Å². The minimum Gasteiger partial charge on any atom is -0.368 e. The van der Waals surface area contributed by atoms with E-state index in [1.165, 1.54) is 12.4 Å². The number of nitrogens with two attached hydrogens (primary N) is 1. The van der Waals surface area contributed by atoms with E-state index in [4.69, 9.17) is 5.73 Å². The quantitative estimate of drug-likeness (QED) is 0.775. The molecule has 3 N–H and O–H groups in total. The Kier molecular flexibility index (Phi) is 2.26. The van der Waals surface area contributed by atoms with E-state index in [1.807, 2.05) is 0 Å². The van der Waals surface area contributed by atoms with Crippen LogP contribution in [0.2, 0.25) is 0 Å². The molecule has 0 saturated heterocycles. The van der Waals surface area contributed by atoms with Crippen molar-refractivity contribution in [3.05, 3.63) is 24.2 Å². The highest BCUT2D eigenvalue weighted by molar-refractivity contribution is 5.62. The maximum atomic E-state index is 12.6. The van der Waals surface area contributed by atoms with Gasteiger partial charge in [-0.3, -0.25) is 5.10 Å². The SMILES string of the molecule is Nc1ncc(C(F)(F)F)c(-c2cn[nH]c2)n1. The van der Waals surface area contributed by atoms with Gasteiger partial charge in [-0.15, -0.1) is 0 Å². The number of nitrogens with zero attached hydrogens (tertiary/aromatic N) is 3. The van der Waals surface area contributed by atoms with E-state index in [1.54, 1.807) is 0 Å². The molecule has 0 aromatic carbocycles. The maximum absolute atomic E-state index is 12.6. The number of nitrogen functional groups attached to an aromatic ring is 1. The van der Waals surface area contributed by atoms with Crippen LogP contribution < -0.4 is 5.73 Å². The normalized spacial score (nSPS) is 11.7. The zero-order valence-corrected chi connectivity index (χ0v) is 7.78. The summed E-state index contributed by atoms with van der Waals surface area (Å²) in [6.07, 6.45) is -1.33. The molecule has 0 amide bonds. The largest absolute Gasteiger partial charge is 0.419 e. The highest BCUT2D eigenvalue weighted by Gasteiger charge is 2.35. The highest BCUT2D eigenvalue weighted by Crippen LogP contribution is 2.35. The molecule has 0 aliphatic carbocycles. The third kappa shape index (κ3) is 1.81. The molecule has 16 heavy (non-hydrogen) atoms. The second kappa shape index (κ2) is 3.47. The summed E-state index contributed by atoms with van der Waals surface area (Å²) in [6, 6.07) is 0. The molecule has 2 rings (SSSR count). The first-order valence-corrected chi connectivity index (χ1v) is 4.17. The average molecular weight is 229 g/mol. The summed E-state index contributed by atoms with van der Waals surface area (Å²) < 4.78 is 37.9. The van der Waals surface area contributed by atoms with E-state index in [0.717, 1.165) is 0 Å². The molecule has 0 saturated carbocycles. The maximum Gasteiger partial charge on any atom is 0.419 e. The van der Waals surface area contributed by atoms with Crippen LogP contribution in [-0.2, 0) is 6.18 Å². The van der Waals surface area contributed by atoms with Gasteiger partial charge >= 0.3 is 6.18 Å². The zero-order valence-electron chi connectivity index (χ0n) is 7.78. The summed E-state index contributed by atoms with van der Waals surface area (Å²) >= 11 is 0. The van der Waals surface area contributed by atoms with Crippen LogP contribution in [0.3, 0.4) is 0 Å². The Labute approximate surface area is 87.5 Å². The number of anilines is 1. The number of aromatic amines is 1. The van der Waals surface area contributed by atoms with Crippen LogP contribution in [0.5, 0.6) is 0 Å². The predicted molar refractivity (Wildman–Crippen MR) is 49.0 cm³/mol. The van der Waals surface area contributed by atoms with E-state index in [0.29, 0.717) is 6.20 Å². The summed E-state index contributed by atoms with van der Waals surface area (Å²) in [5.74, 6) is -0.218. The van der Waals surface area contributed by atoms with Crippen molar-refractivity contribution in [3.8, 4) is 11.3 Å². The smallest absolute Gasteiger partial charge is 0.368 e. The zero-order chi connectivity index (χ0) is 11.8. The van der Waals surface area contributed by atoms with Gasteiger partial charge in [0.1, 0.15) is 5.56 Å². The molecule has 0 radical (unpaired) electrons. The van der Waals surface area contributed by atoms with Crippen LogP contribution in [0.4, 0.5) is 19.1 Å². The van der Waals surface area contributed by atoms with Gasteiger partial charge in [0.05, 0.1) is 11.9 Å². The molecule has 2 heterocycles. The van der Waals surface area contributed by atoms with Crippen LogP contribution in [0.25, 0.3) is 11.3 Å². The molecule has 0 fully saturated rings. The lowest BCUT2D eigenvalue weighted by Gasteiger charge is -2.10. The van der Waals surface area contributed by atoms with Crippen LogP contribution >= 0.6 is 0 Å². The molecule has 0 unspecified atom stereocenters. The molecule has 0 bridgehead atoms. The van der Waals surface area contributed by atoms with Gasteiger partial charge in [0, 0.05) is 18.0 Å². The molecular weight excluding hydrogens is 223 g/mol. The number of rotatable bonds is 1. The lowest BCUT2D eigenvalue weighted by molar-refractivity contribution is -0.137. The Morgan fingerprint density at radius 3 is 2.56 bits per heavy atom. The third-order valence-corrected chi connectivity index (χ3v) is 1.88. The van der Waals surface area contributed by atoms with Crippen molar-refractivity contribution >= 4 is 5.95 Å². The first-order chi connectivity index (χ1) is 7.48. The molecule has 0 spiro atoms. The predicted octanol–water partition coefficient (Wildman–Crippen LogP) is 1.47. The van der Waals surface area contributed by atoms with Crippen molar-refractivity contribution in [1.29, 1.82) is 0 Å². The topological polar surface area (TPSA) is 80.5 Å². The van der Waals surface area contributed by atoms with Gasteiger partial charge in [0.2, 0.25) is 5.95 Å². The number of alkyl halides is 3. The van der Waals surface area contributed by atoms with E-state index in [-0.39, 0.29) is 17.2 Å². The van der Waals surface area contributed by atoms with Crippen molar-refractivity contribution in [2.24, 2.45) is 0 Å². The number of halogens is 3. The minimum absolute atomic E-state index is 0.210. The van der Waals surface area contributed by atoms with Crippen molar-refractivity contribution in [3.63, 3.8) is 0 Å². The van der Waals surface area contributed by atoms with Crippen LogP contribution in [0.15, 0.2) is 18.6 Å². The fourth-order valence-corrected chi connectivity index (χ4v) is 1.20. The first-order valence-electron chi connectivity index (χ1n) is 4.17. The van der Waals surface area contributed by atoms with Gasteiger partial charge in [-0.25, -0.2) is 9.97 Å². The molecule has 2 aromatic rings. The number of hydrogen-bond acceptors (Lipinski definition) is 4. The molecule has 8 heteroatoms. The van der Waals surface area contributed by atoms with Gasteiger partial charge < -0.3 is 5.73 Å². The van der Waals surface area contributed by atoms with E-state index < -0.39 is 11.7 Å². The van der Waals surface area contributed by atoms with Gasteiger partial charge in [0.25, 0.3) is 0 Å². The lowest BCUT2D eigenvalue weighted by Crippen LogP contribution is -2.10. The van der Waals surface area contributed by atoms with E-state index in [9.17, 15) is 13.2 Å². The number of H-pyrrole nitrogens is 1. The fraction of sp³-hybridized carbons (Fsp3) is 0.125. The second-order valence-electron chi connectivity index (χ2n) is 2.98. The molecule has 0 atom stereocenters. The average Bonchev–Trinajstić information content (AvgIpc) is 2.68. The van der Waals surface area contributed by atoms with Crippen molar-refractivity contribution < 1.29 is 13.2 Å². The van der Waals surface area contributed by atoms with Crippen molar-refractivity contribution in [2.45, 2.75) is 6.18 Å². The van der Waals surface area contributed by atoms with Crippen molar-refractivity contribution in [2.75, 3.05) is 5.73 Å². The third-order valence-electron chi connectivity index (χ3n) is 1.88. The molecule has 0 aliphatic rings. The second-order valence-corrected chi connectivity index (χ2v) is 2.98. The molecule has 5 nitrogen and oxygen atoms in total. The van der Waals surface area contributed by atoms with Gasteiger partial charge in [-0.2, -0.15) is 18.3 Å². The summed E-state index contributed by atoms with van der Waals surface area (Å²) in [6.45, 7) is 0. The Hall–Kier alpha value is -2.12. The van der Waals surface area contributed by atoms with Gasteiger partial charge in [-0.05, 0) is 0 Å². The van der Waals surface area contributed by atoms with Crippen LogP contribution in [0.1, 0.15) is 5.56 Å².